The number of hydrogen-bond donors (Lipinski definition) is 2. The van der Waals surface area contributed by atoms with Gasteiger partial charge in [-0.1, -0.05) is 42.5 Å². The molecule has 5 nitrogen and oxygen atoms in total. The Morgan fingerprint density at radius 3 is 2.45 bits per heavy atom. The SMILES string of the molecule is O=C(CNCC1CC1)NC1(c2ccc(OCc3ccccc3)cc2)CCOCC1. The van der Waals surface area contributed by atoms with Crippen LogP contribution >= 0.6 is 0 Å². The van der Waals surface area contributed by atoms with Gasteiger partial charge < -0.3 is 20.1 Å². The number of amides is 1. The predicted molar refractivity (Wildman–Crippen MR) is 113 cm³/mol. The molecule has 0 spiro atoms. The van der Waals surface area contributed by atoms with E-state index in [0.29, 0.717) is 26.4 Å². The molecule has 0 aromatic heterocycles. The number of nitrogens with one attached hydrogen (secondary N) is 2. The molecule has 29 heavy (non-hydrogen) atoms. The highest BCUT2D eigenvalue weighted by Crippen LogP contribution is 2.33. The maximum atomic E-state index is 12.6. The monoisotopic (exact) mass is 394 g/mol. The van der Waals surface area contributed by atoms with Crippen LogP contribution in [0.25, 0.3) is 0 Å². The third kappa shape index (κ3) is 5.58. The first-order chi connectivity index (χ1) is 14.2. The molecule has 2 aromatic carbocycles. The Kier molecular flexibility index (Phi) is 6.47. The van der Waals surface area contributed by atoms with Gasteiger partial charge in [-0.2, -0.15) is 0 Å². The first kappa shape index (κ1) is 19.9. The molecule has 1 aliphatic heterocycles. The van der Waals surface area contributed by atoms with Crippen LogP contribution in [0, 0.1) is 5.92 Å². The molecule has 1 heterocycles. The Labute approximate surface area is 172 Å². The van der Waals surface area contributed by atoms with E-state index in [2.05, 4.69) is 34.9 Å². The van der Waals surface area contributed by atoms with Gasteiger partial charge >= 0.3 is 0 Å². The molecule has 5 heteroatoms. The van der Waals surface area contributed by atoms with Crippen molar-refractivity contribution in [2.45, 2.75) is 37.8 Å². The minimum absolute atomic E-state index is 0.0527. The fourth-order valence-corrected chi connectivity index (χ4v) is 3.84. The molecule has 4 rings (SSSR count). The van der Waals surface area contributed by atoms with Gasteiger partial charge in [0.05, 0.1) is 12.1 Å². The molecular weight excluding hydrogens is 364 g/mol. The van der Waals surface area contributed by atoms with Crippen molar-refractivity contribution in [3.8, 4) is 5.75 Å². The van der Waals surface area contributed by atoms with E-state index < -0.39 is 0 Å². The highest BCUT2D eigenvalue weighted by Gasteiger charge is 2.36. The zero-order valence-electron chi connectivity index (χ0n) is 16.9. The number of ether oxygens (including phenoxy) is 2. The molecule has 1 saturated carbocycles. The van der Waals surface area contributed by atoms with E-state index in [1.54, 1.807) is 0 Å². The summed E-state index contributed by atoms with van der Waals surface area (Å²) in [6.07, 6.45) is 4.14. The molecule has 1 aliphatic carbocycles. The number of carbonyl (C=O) groups is 1. The van der Waals surface area contributed by atoms with Crippen LogP contribution in [0.2, 0.25) is 0 Å². The Hall–Kier alpha value is -2.37. The lowest BCUT2D eigenvalue weighted by Crippen LogP contribution is -2.51. The largest absolute Gasteiger partial charge is 0.489 e. The van der Waals surface area contributed by atoms with Crippen LogP contribution in [0.4, 0.5) is 0 Å². The maximum Gasteiger partial charge on any atom is 0.234 e. The van der Waals surface area contributed by atoms with Crippen molar-refractivity contribution in [2.75, 3.05) is 26.3 Å². The molecule has 1 saturated heterocycles. The maximum absolute atomic E-state index is 12.6. The lowest BCUT2D eigenvalue weighted by atomic mass is 9.82. The molecule has 0 atom stereocenters. The van der Waals surface area contributed by atoms with Crippen LogP contribution in [-0.4, -0.2) is 32.2 Å². The zero-order valence-corrected chi connectivity index (χ0v) is 16.9. The Morgan fingerprint density at radius 2 is 1.76 bits per heavy atom. The summed E-state index contributed by atoms with van der Waals surface area (Å²) in [5.41, 5.74) is 1.89. The highest BCUT2D eigenvalue weighted by molar-refractivity contribution is 5.79. The Morgan fingerprint density at radius 1 is 1.03 bits per heavy atom. The summed E-state index contributed by atoms with van der Waals surface area (Å²) in [6, 6.07) is 18.3. The molecule has 2 aliphatic rings. The average Bonchev–Trinajstić information content (AvgIpc) is 3.58. The normalized spacial score (nSPS) is 18.2. The van der Waals surface area contributed by atoms with Crippen molar-refractivity contribution in [1.29, 1.82) is 0 Å². The smallest absolute Gasteiger partial charge is 0.234 e. The van der Waals surface area contributed by atoms with Gasteiger partial charge in [0.25, 0.3) is 0 Å². The van der Waals surface area contributed by atoms with E-state index in [1.165, 1.54) is 12.8 Å². The summed E-state index contributed by atoms with van der Waals surface area (Å²) in [4.78, 5) is 12.6. The number of hydrogen-bond acceptors (Lipinski definition) is 4. The van der Waals surface area contributed by atoms with E-state index >= 15 is 0 Å². The second-order valence-corrected chi connectivity index (χ2v) is 8.12. The van der Waals surface area contributed by atoms with Crippen molar-refractivity contribution in [3.05, 3.63) is 65.7 Å². The van der Waals surface area contributed by atoms with E-state index in [-0.39, 0.29) is 11.4 Å². The standard InChI is InChI=1S/C24H30N2O3/c27-23(17-25-16-19-6-7-19)26-24(12-14-28-15-13-24)21-8-10-22(11-9-21)29-18-20-4-2-1-3-5-20/h1-5,8-11,19,25H,6-7,12-18H2,(H,26,27). The van der Waals surface area contributed by atoms with Gasteiger partial charge in [-0.15, -0.1) is 0 Å². The lowest BCUT2D eigenvalue weighted by Gasteiger charge is -2.38. The van der Waals surface area contributed by atoms with E-state index in [4.69, 9.17) is 9.47 Å². The fraction of sp³-hybridized carbons (Fsp3) is 0.458. The quantitative estimate of drug-likeness (QED) is 0.685. The van der Waals surface area contributed by atoms with Gasteiger partial charge in [0.1, 0.15) is 12.4 Å². The van der Waals surface area contributed by atoms with Crippen LogP contribution in [0.5, 0.6) is 5.75 Å². The van der Waals surface area contributed by atoms with Crippen molar-refractivity contribution >= 4 is 5.91 Å². The van der Waals surface area contributed by atoms with Gasteiger partial charge in [-0.3, -0.25) is 4.79 Å². The van der Waals surface area contributed by atoms with E-state index in [0.717, 1.165) is 42.2 Å². The number of rotatable bonds is 9. The molecule has 2 fully saturated rings. The molecule has 2 aromatic rings. The van der Waals surface area contributed by atoms with Crippen molar-refractivity contribution in [2.24, 2.45) is 5.92 Å². The third-order valence-electron chi connectivity index (χ3n) is 5.80. The van der Waals surface area contributed by atoms with Gasteiger partial charge in [0.2, 0.25) is 5.91 Å². The summed E-state index contributed by atoms with van der Waals surface area (Å²) in [6.45, 7) is 3.17. The number of benzene rings is 2. The first-order valence-electron chi connectivity index (χ1n) is 10.6. The fourth-order valence-electron chi connectivity index (χ4n) is 3.84. The van der Waals surface area contributed by atoms with Gasteiger partial charge in [0, 0.05) is 13.2 Å². The van der Waals surface area contributed by atoms with Crippen LogP contribution in [0.3, 0.4) is 0 Å². The summed E-state index contributed by atoms with van der Waals surface area (Å²) in [7, 11) is 0. The van der Waals surface area contributed by atoms with Crippen LogP contribution in [-0.2, 0) is 21.7 Å². The molecule has 1 amide bonds. The summed E-state index contributed by atoms with van der Waals surface area (Å²) in [5, 5.41) is 6.58. The lowest BCUT2D eigenvalue weighted by molar-refractivity contribution is -0.123. The Balaban J connectivity index is 1.38. The van der Waals surface area contributed by atoms with Gasteiger partial charge in [-0.05, 0) is 61.4 Å². The second kappa shape index (κ2) is 9.42. The molecule has 154 valence electrons. The average molecular weight is 395 g/mol. The third-order valence-corrected chi connectivity index (χ3v) is 5.80. The highest BCUT2D eigenvalue weighted by atomic mass is 16.5. The first-order valence-corrected chi connectivity index (χ1v) is 10.6. The van der Waals surface area contributed by atoms with E-state index in [9.17, 15) is 4.79 Å². The van der Waals surface area contributed by atoms with Crippen LogP contribution < -0.4 is 15.4 Å². The molecular formula is C24H30N2O3. The van der Waals surface area contributed by atoms with E-state index in [1.807, 2.05) is 30.3 Å². The topological polar surface area (TPSA) is 59.6 Å². The van der Waals surface area contributed by atoms with Gasteiger partial charge in [0.15, 0.2) is 0 Å². The Bertz CT molecular complexity index is 782. The van der Waals surface area contributed by atoms with Crippen molar-refractivity contribution in [1.82, 2.24) is 10.6 Å². The molecule has 0 radical (unpaired) electrons. The van der Waals surface area contributed by atoms with Crippen LogP contribution in [0.1, 0.15) is 36.8 Å². The van der Waals surface area contributed by atoms with Crippen LogP contribution in [0.15, 0.2) is 54.6 Å². The van der Waals surface area contributed by atoms with Crippen molar-refractivity contribution < 1.29 is 14.3 Å². The summed E-state index contributed by atoms with van der Waals surface area (Å²) >= 11 is 0. The predicted octanol–water partition coefficient (Wildman–Crippen LogP) is 3.39. The minimum atomic E-state index is -0.367. The minimum Gasteiger partial charge on any atom is -0.489 e. The summed E-state index contributed by atoms with van der Waals surface area (Å²) in [5.74, 6) is 1.65. The second-order valence-electron chi connectivity index (χ2n) is 8.12. The molecule has 0 unspecified atom stereocenters. The van der Waals surface area contributed by atoms with Gasteiger partial charge in [-0.25, -0.2) is 0 Å². The molecule has 2 N–H and O–H groups in total. The molecule has 0 bridgehead atoms. The number of carbonyl (C=O) groups excluding carboxylic acids is 1. The summed E-state index contributed by atoms with van der Waals surface area (Å²) < 4.78 is 11.5. The zero-order chi connectivity index (χ0) is 19.9. The van der Waals surface area contributed by atoms with Crippen molar-refractivity contribution in [3.63, 3.8) is 0 Å².